The second-order valence-corrected chi connectivity index (χ2v) is 6.31. The molecule has 1 aromatic heterocycles. The monoisotopic (exact) mass is 297 g/mol. The predicted octanol–water partition coefficient (Wildman–Crippen LogP) is 2.89. The molecule has 20 heavy (non-hydrogen) atoms. The number of nitrogens with zero attached hydrogens (tertiary/aromatic N) is 1. The predicted molar refractivity (Wildman–Crippen MR) is 81.2 cm³/mol. The highest BCUT2D eigenvalue weighted by molar-refractivity contribution is 7.14. The normalized spacial score (nSPS) is 12.1. The number of hydrogen-bond acceptors (Lipinski definition) is 4. The van der Waals surface area contributed by atoms with Gasteiger partial charge in [-0.2, -0.15) is 0 Å². The summed E-state index contributed by atoms with van der Waals surface area (Å²) in [7, 11) is 3.08. The lowest BCUT2D eigenvalue weighted by atomic mass is 10.1. The van der Waals surface area contributed by atoms with Crippen molar-refractivity contribution in [2.45, 2.75) is 33.6 Å². The Morgan fingerprint density at radius 1 is 1.45 bits per heavy atom. The molecular weight excluding hydrogens is 274 g/mol. The van der Waals surface area contributed by atoms with Crippen molar-refractivity contribution in [3.63, 3.8) is 0 Å². The molecule has 0 spiro atoms. The SMILES string of the molecule is CCCc1cc(C(=O)N(C)CC(C)C(=O)OC)sc1C. The molecule has 0 saturated carbocycles. The Morgan fingerprint density at radius 2 is 2.10 bits per heavy atom. The van der Waals surface area contributed by atoms with Crippen LogP contribution in [0.2, 0.25) is 0 Å². The van der Waals surface area contributed by atoms with Crippen LogP contribution in [0.15, 0.2) is 6.07 Å². The highest BCUT2D eigenvalue weighted by atomic mass is 32.1. The van der Waals surface area contributed by atoms with Crippen LogP contribution < -0.4 is 0 Å². The molecule has 0 radical (unpaired) electrons. The van der Waals surface area contributed by atoms with Crippen LogP contribution in [0.25, 0.3) is 0 Å². The molecule has 1 unspecified atom stereocenters. The number of rotatable bonds is 6. The van der Waals surface area contributed by atoms with Gasteiger partial charge in [-0.05, 0) is 25.0 Å². The van der Waals surface area contributed by atoms with Gasteiger partial charge >= 0.3 is 5.97 Å². The molecule has 112 valence electrons. The maximum absolute atomic E-state index is 12.3. The fraction of sp³-hybridized carbons (Fsp3) is 0.600. The summed E-state index contributed by atoms with van der Waals surface area (Å²) in [6.07, 6.45) is 2.07. The standard InChI is InChI=1S/C15H23NO3S/c1-6-7-12-8-13(20-11(12)3)14(17)16(4)9-10(2)15(18)19-5/h8,10H,6-7,9H2,1-5H3. The van der Waals surface area contributed by atoms with Gasteiger partial charge in [0.25, 0.3) is 5.91 Å². The second-order valence-electron chi connectivity index (χ2n) is 5.05. The Balaban J connectivity index is 2.74. The summed E-state index contributed by atoms with van der Waals surface area (Å²) in [4.78, 5) is 27.3. The lowest BCUT2D eigenvalue weighted by molar-refractivity contribution is -0.145. The van der Waals surface area contributed by atoms with Crippen LogP contribution in [-0.4, -0.2) is 37.5 Å². The average Bonchev–Trinajstić information content (AvgIpc) is 2.78. The van der Waals surface area contributed by atoms with Crippen molar-refractivity contribution >= 4 is 23.2 Å². The molecule has 0 N–H and O–H groups in total. The molecule has 5 heteroatoms. The largest absolute Gasteiger partial charge is 0.469 e. The Bertz CT molecular complexity index is 481. The molecule has 0 aliphatic heterocycles. The molecule has 0 aliphatic rings. The van der Waals surface area contributed by atoms with Crippen LogP contribution in [0.4, 0.5) is 0 Å². The third kappa shape index (κ3) is 4.07. The minimum atomic E-state index is -0.315. The molecule has 1 atom stereocenters. The maximum atomic E-state index is 12.3. The zero-order valence-corrected chi connectivity index (χ0v) is 13.7. The van der Waals surface area contributed by atoms with Crippen LogP contribution in [0.1, 0.15) is 40.4 Å². The number of methoxy groups -OCH3 is 1. The molecule has 0 aliphatic carbocycles. The first-order chi connectivity index (χ1) is 9.40. The minimum Gasteiger partial charge on any atom is -0.469 e. The van der Waals surface area contributed by atoms with Gasteiger partial charge in [0.2, 0.25) is 0 Å². The van der Waals surface area contributed by atoms with Gasteiger partial charge in [-0.1, -0.05) is 20.3 Å². The maximum Gasteiger partial charge on any atom is 0.310 e. The van der Waals surface area contributed by atoms with Crippen LogP contribution >= 0.6 is 11.3 Å². The van der Waals surface area contributed by atoms with Crippen molar-refractivity contribution in [2.75, 3.05) is 20.7 Å². The van der Waals surface area contributed by atoms with Crippen LogP contribution in [0, 0.1) is 12.8 Å². The summed E-state index contributed by atoms with van der Waals surface area (Å²) < 4.78 is 4.68. The number of aryl methyl sites for hydroxylation is 2. The molecule has 0 saturated heterocycles. The summed E-state index contributed by atoms with van der Waals surface area (Å²) in [6.45, 7) is 6.30. The van der Waals surface area contributed by atoms with Gasteiger partial charge in [-0.25, -0.2) is 0 Å². The van der Waals surface area contributed by atoms with E-state index in [0.29, 0.717) is 6.54 Å². The molecule has 0 aromatic carbocycles. The summed E-state index contributed by atoms with van der Waals surface area (Å²) >= 11 is 1.52. The van der Waals surface area contributed by atoms with Crippen LogP contribution in [0.5, 0.6) is 0 Å². The highest BCUT2D eigenvalue weighted by Crippen LogP contribution is 2.24. The summed E-state index contributed by atoms with van der Waals surface area (Å²) in [6, 6.07) is 1.98. The lowest BCUT2D eigenvalue weighted by Gasteiger charge is -2.19. The first-order valence-corrected chi connectivity index (χ1v) is 7.64. The molecule has 4 nitrogen and oxygen atoms in total. The van der Waals surface area contributed by atoms with Gasteiger partial charge < -0.3 is 9.64 Å². The van der Waals surface area contributed by atoms with Gasteiger partial charge in [-0.15, -0.1) is 11.3 Å². The van der Waals surface area contributed by atoms with Crippen molar-refractivity contribution in [1.82, 2.24) is 4.90 Å². The van der Waals surface area contributed by atoms with Crippen molar-refractivity contribution in [3.8, 4) is 0 Å². The van der Waals surface area contributed by atoms with Gasteiger partial charge in [0.15, 0.2) is 0 Å². The molecule has 1 rings (SSSR count). The number of hydrogen-bond donors (Lipinski definition) is 0. The van der Waals surface area contributed by atoms with Crippen molar-refractivity contribution in [3.05, 3.63) is 21.4 Å². The first kappa shape index (κ1) is 16.7. The quantitative estimate of drug-likeness (QED) is 0.759. The third-order valence-electron chi connectivity index (χ3n) is 3.25. The third-order valence-corrected chi connectivity index (χ3v) is 4.33. The summed E-state index contributed by atoms with van der Waals surface area (Å²) in [5.74, 6) is -0.639. The molecule has 1 amide bonds. The number of amides is 1. The summed E-state index contributed by atoms with van der Waals surface area (Å²) in [5, 5.41) is 0. The van der Waals surface area contributed by atoms with Crippen molar-refractivity contribution in [2.24, 2.45) is 5.92 Å². The van der Waals surface area contributed by atoms with Crippen LogP contribution in [0.3, 0.4) is 0 Å². The molecular formula is C15H23NO3S. The Hall–Kier alpha value is -1.36. The fourth-order valence-corrected chi connectivity index (χ4v) is 3.17. The van der Waals surface area contributed by atoms with Crippen molar-refractivity contribution < 1.29 is 14.3 Å². The van der Waals surface area contributed by atoms with E-state index in [2.05, 4.69) is 11.7 Å². The van der Waals surface area contributed by atoms with E-state index < -0.39 is 0 Å². The van der Waals surface area contributed by atoms with Gasteiger partial charge in [0, 0.05) is 18.5 Å². The number of esters is 1. The van der Waals surface area contributed by atoms with Crippen molar-refractivity contribution in [1.29, 1.82) is 0 Å². The number of carbonyl (C=O) groups is 2. The van der Waals surface area contributed by atoms with E-state index in [-0.39, 0.29) is 17.8 Å². The van der Waals surface area contributed by atoms with Gasteiger partial charge in [0.1, 0.15) is 0 Å². The molecule has 0 fully saturated rings. The molecule has 1 heterocycles. The van der Waals surface area contributed by atoms with Crippen LogP contribution in [-0.2, 0) is 16.0 Å². The lowest BCUT2D eigenvalue weighted by Crippen LogP contribution is -2.33. The minimum absolute atomic E-state index is 0.0313. The summed E-state index contributed by atoms with van der Waals surface area (Å²) in [5.41, 5.74) is 1.25. The number of ether oxygens (including phenoxy) is 1. The van der Waals surface area contributed by atoms with Gasteiger partial charge in [-0.3, -0.25) is 9.59 Å². The number of carbonyl (C=O) groups excluding carboxylic acids is 2. The zero-order valence-electron chi connectivity index (χ0n) is 12.9. The first-order valence-electron chi connectivity index (χ1n) is 6.83. The van der Waals surface area contributed by atoms with E-state index in [4.69, 9.17) is 0 Å². The van der Waals surface area contributed by atoms with E-state index in [0.717, 1.165) is 17.7 Å². The van der Waals surface area contributed by atoms with E-state index in [9.17, 15) is 9.59 Å². The fourth-order valence-electron chi connectivity index (χ4n) is 2.10. The van der Waals surface area contributed by atoms with E-state index in [1.807, 2.05) is 13.0 Å². The second kappa shape index (κ2) is 7.43. The highest BCUT2D eigenvalue weighted by Gasteiger charge is 2.21. The van der Waals surface area contributed by atoms with E-state index >= 15 is 0 Å². The topological polar surface area (TPSA) is 46.6 Å². The van der Waals surface area contributed by atoms with Gasteiger partial charge in [0.05, 0.1) is 17.9 Å². The molecule has 1 aromatic rings. The Labute approximate surface area is 124 Å². The Morgan fingerprint density at radius 3 is 2.65 bits per heavy atom. The Kier molecular flexibility index (Phi) is 6.20. The number of thiophene rings is 1. The smallest absolute Gasteiger partial charge is 0.310 e. The zero-order chi connectivity index (χ0) is 15.3. The van der Waals surface area contributed by atoms with E-state index in [1.165, 1.54) is 28.9 Å². The molecule has 0 bridgehead atoms. The average molecular weight is 297 g/mol. The van der Waals surface area contributed by atoms with E-state index in [1.54, 1.807) is 18.9 Å².